The summed E-state index contributed by atoms with van der Waals surface area (Å²) in [5, 5.41) is 7.00. The number of hydrogen-bond donors (Lipinski definition) is 1. The lowest BCUT2D eigenvalue weighted by atomic mass is 10.1. The second kappa shape index (κ2) is 5.13. The molecule has 1 saturated carbocycles. The number of carbonyl (C=O) groups excluding carboxylic acids is 1. The maximum absolute atomic E-state index is 12.0. The maximum Gasteiger partial charge on any atom is 0.264 e. The van der Waals surface area contributed by atoms with Crippen molar-refractivity contribution in [1.29, 1.82) is 0 Å². The van der Waals surface area contributed by atoms with Crippen LogP contribution in [0.5, 0.6) is 0 Å². The molecule has 0 radical (unpaired) electrons. The van der Waals surface area contributed by atoms with Crippen molar-refractivity contribution in [1.82, 2.24) is 5.32 Å². The molecule has 0 bridgehead atoms. The highest BCUT2D eigenvalue weighted by molar-refractivity contribution is 7.18. The predicted octanol–water partition coefficient (Wildman–Crippen LogP) is 2.81. The number of halogens is 1. The molecular weight excluding hydrogens is 284 g/mol. The Labute approximate surface area is 120 Å². The van der Waals surface area contributed by atoms with Gasteiger partial charge in [0, 0.05) is 12.5 Å². The van der Waals surface area contributed by atoms with Crippen LogP contribution in [0.15, 0.2) is 17.3 Å². The molecule has 0 saturated heterocycles. The minimum Gasteiger partial charge on any atom is -0.382 e. The molecule has 0 unspecified atom stereocenters. The first-order chi connectivity index (χ1) is 9.13. The van der Waals surface area contributed by atoms with E-state index in [2.05, 4.69) is 10.5 Å². The van der Waals surface area contributed by atoms with Gasteiger partial charge < -0.3 is 10.2 Å². The van der Waals surface area contributed by atoms with E-state index >= 15 is 0 Å². The van der Waals surface area contributed by atoms with Crippen LogP contribution in [0.1, 0.15) is 31.1 Å². The number of hydrogen-bond acceptors (Lipinski definition) is 4. The molecule has 6 heteroatoms. The van der Waals surface area contributed by atoms with Crippen LogP contribution in [0.2, 0.25) is 4.34 Å². The minimum absolute atomic E-state index is 0.0687. The van der Waals surface area contributed by atoms with Gasteiger partial charge in [0.2, 0.25) is 6.10 Å². The highest BCUT2D eigenvalue weighted by Crippen LogP contribution is 2.32. The lowest BCUT2D eigenvalue weighted by Crippen LogP contribution is -2.41. The van der Waals surface area contributed by atoms with Gasteiger partial charge in [-0.3, -0.25) is 4.79 Å². The lowest BCUT2D eigenvalue weighted by molar-refractivity contribution is -0.131. The highest BCUT2D eigenvalue weighted by atomic mass is 35.5. The Balaban J connectivity index is 1.56. The van der Waals surface area contributed by atoms with E-state index in [0.717, 1.165) is 10.6 Å². The zero-order chi connectivity index (χ0) is 13.4. The van der Waals surface area contributed by atoms with Gasteiger partial charge in [0.1, 0.15) is 5.71 Å². The SMILES string of the molecule is C[C@@H](NC(=O)[C@@H]1CC(c2ccc(Cl)s2)=NO1)C1CC1. The summed E-state index contributed by atoms with van der Waals surface area (Å²) in [5.74, 6) is 0.572. The van der Waals surface area contributed by atoms with Crippen LogP contribution in [0.4, 0.5) is 0 Å². The molecule has 2 atom stereocenters. The van der Waals surface area contributed by atoms with E-state index in [-0.39, 0.29) is 11.9 Å². The van der Waals surface area contributed by atoms with Crippen LogP contribution in [-0.4, -0.2) is 23.8 Å². The normalized spacial score (nSPS) is 23.7. The number of rotatable bonds is 4. The number of thiophene rings is 1. The van der Waals surface area contributed by atoms with Crippen LogP contribution < -0.4 is 5.32 Å². The molecule has 3 rings (SSSR count). The summed E-state index contributed by atoms with van der Waals surface area (Å²) in [6.07, 6.45) is 2.43. The number of nitrogens with one attached hydrogen (secondary N) is 1. The summed E-state index contributed by atoms with van der Waals surface area (Å²) in [6.45, 7) is 2.05. The zero-order valence-electron chi connectivity index (χ0n) is 10.6. The van der Waals surface area contributed by atoms with Crippen molar-refractivity contribution < 1.29 is 9.63 Å². The van der Waals surface area contributed by atoms with E-state index in [9.17, 15) is 4.79 Å². The monoisotopic (exact) mass is 298 g/mol. The first-order valence-corrected chi connectivity index (χ1v) is 7.61. The smallest absolute Gasteiger partial charge is 0.264 e. The van der Waals surface area contributed by atoms with Crippen molar-refractivity contribution in [3.8, 4) is 0 Å². The van der Waals surface area contributed by atoms with Gasteiger partial charge in [-0.25, -0.2) is 0 Å². The quantitative estimate of drug-likeness (QED) is 0.929. The molecule has 0 aromatic carbocycles. The Morgan fingerprint density at radius 3 is 3.00 bits per heavy atom. The van der Waals surface area contributed by atoms with Crippen LogP contribution in [0.25, 0.3) is 0 Å². The maximum atomic E-state index is 12.0. The molecule has 102 valence electrons. The Hall–Kier alpha value is -1.07. The van der Waals surface area contributed by atoms with Crippen LogP contribution in [0.3, 0.4) is 0 Å². The Bertz CT molecular complexity index is 524. The fourth-order valence-corrected chi connectivity index (χ4v) is 3.20. The molecule has 1 aromatic heterocycles. The minimum atomic E-state index is -0.503. The van der Waals surface area contributed by atoms with Crippen LogP contribution in [-0.2, 0) is 9.63 Å². The van der Waals surface area contributed by atoms with Crippen molar-refractivity contribution in [3.63, 3.8) is 0 Å². The van der Waals surface area contributed by atoms with Crippen molar-refractivity contribution >= 4 is 34.6 Å². The van der Waals surface area contributed by atoms with E-state index in [1.165, 1.54) is 24.2 Å². The third-order valence-electron chi connectivity index (χ3n) is 3.52. The van der Waals surface area contributed by atoms with Crippen molar-refractivity contribution in [2.45, 2.75) is 38.3 Å². The molecule has 1 fully saturated rings. The van der Waals surface area contributed by atoms with Gasteiger partial charge in [-0.05, 0) is 37.8 Å². The summed E-state index contributed by atoms with van der Waals surface area (Å²) >= 11 is 7.34. The topological polar surface area (TPSA) is 50.7 Å². The molecule has 1 aromatic rings. The molecule has 4 nitrogen and oxygen atoms in total. The Morgan fingerprint density at radius 1 is 1.58 bits per heavy atom. The van der Waals surface area contributed by atoms with E-state index in [1.807, 2.05) is 19.1 Å². The highest BCUT2D eigenvalue weighted by Gasteiger charge is 2.34. The molecule has 1 aliphatic heterocycles. The predicted molar refractivity (Wildman–Crippen MR) is 75.7 cm³/mol. The first-order valence-electron chi connectivity index (χ1n) is 6.42. The van der Waals surface area contributed by atoms with Gasteiger partial charge in [-0.1, -0.05) is 16.8 Å². The third-order valence-corrected chi connectivity index (χ3v) is 4.80. The summed E-state index contributed by atoms with van der Waals surface area (Å²) in [7, 11) is 0. The van der Waals surface area contributed by atoms with Gasteiger partial charge in [-0.2, -0.15) is 0 Å². The first kappa shape index (κ1) is 12.9. The molecule has 1 aliphatic carbocycles. The summed E-state index contributed by atoms with van der Waals surface area (Å²) in [4.78, 5) is 18.2. The number of nitrogens with zero attached hydrogens (tertiary/aromatic N) is 1. The summed E-state index contributed by atoms with van der Waals surface area (Å²) in [6, 6.07) is 3.96. The number of carbonyl (C=O) groups is 1. The Morgan fingerprint density at radius 2 is 2.37 bits per heavy atom. The van der Waals surface area contributed by atoms with Crippen molar-refractivity contribution in [2.75, 3.05) is 0 Å². The summed E-state index contributed by atoms with van der Waals surface area (Å²) in [5.41, 5.74) is 0.802. The molecule has 1 N–H and O–H groups in total. The summed E-state index contributed by atoms with van der Waals surface area (Å²) < 4.78 is 0.716. The van der Waals surface area contributed by atoms with Crippen LogP contribution in [0, 0.1) is 5.92 Å². The van der Waals surface area contributed by atoms with Crippen LogP contribution >= 0.6 is 22.9 Å². The van der Waals surface area contributed by atoms with E-state index in [1.54, 1.807) is 0 Å². The second-order valence-corrected chi connectivity index (χ2v) is 6.79. The molecule has 1 amide bonds. The zero-order valence-corrected chi connectivity index (χ0v) is 12.1. The fourth-order valence-electron chi connectivity index (χ4n) is 2.16. The van der Waals surface area contributed by atoms with Gasteiger partial charge in [-0.15, -0.1) is 11.3 Å². The molecule has 2 aliphatic rings. The fraction of sp³-hybridized carbons (Fsp3) is 0.538. The van der Waals surface area contributed by atoms with E-state index in [4.69, 9.17) is 16.4 Å². The van der Waals surface area contributed by atoms with Gasteiger partial charge in [0.25, 0.3) is 5.91 Å². The van der Waals surface area contributed by atoms with Gasteiger partial charge in [0.15, 0.2) is 0 Å². The van der Waals surface area contributed by atoms with Crippen molar-refractivity contribution in [2.24, 2.45) is 11.1 Å². The standard InChI is InChI=1S/C13H15ClN2O2S/c1-7(8-2-3-8)15-13(17)10-6-9(16-18-10)11-4-5-12(14)19-11/h4-5,7-8,10H,2-3,6H2,1H3,(H,15,17)/t7-,10+/m1/s1. The largest absolute Gasteiger partial charge is 0.382 e. The van der Waals surface area contributed by atoms with Gasteiger partial charge in [0.05, 0.1) is 9.21 Å². The Kier molecular flexibility index (Phi) is 3.50. The molecule has 19 heavy (non-hydrogen) atoms. The second-order valence-electron chi connectivity index (χ2n) is 5.07. The van der Waals surface area contributed by atoms with E-state index in [0.29, 0.717) is 16.7 Å². The number of amides is 1. The number of oxime groups is 1. The van der Waals surface area contributed by atoms with E-state index < -0.39 is 6.10 Å². The average Bonchev–Trinajstić information content (AvgIpc) is 2.95. The molecule has 2 heterocycles. The van der Waals surface area contributed by atoms with Crippen molar-refractivity contribution in [3.05, 3.63) is 21.3 Å². The van der Waals surface area contributed by atoms with Gasteiger partial charge >= 0.3 is 0 Å². The lowest BCUT2D eigenvalue weighted by Gasteiger charge is -2.15. The molecular formula is C13H15ClN2O2S. The third kappa shape index (κ3) is 2.92. The molecule has 0 spiro atoms. The average molecular weight is 299 g/mol.